The predicted molar refractivity (Wildman–Crippen MR) is 89.1 cm³/mol. The van der Waals surface area contributed by atoms with E-state index in [9.17, 15) is 9.00 Å². The Morgan fingerprint density at radius 3 is 2.38 bits per heavy atom. The van der Waals surface area contributed by atoms with Crippen LogP contribution in [-0.4, -0.2) is 35.3 Å². The molecule has 3 unspecified atom stereocenters. The maximum atomic E-state index is 11.7. The van der Waals surface area contributed by atoms with Gasteiger partial charge in [-0.1, -0.05) is 19.1 Å². The molecule has 0 saturated carbocycles. The summed E-state index contributed by atoms with van der Waals surface area (Å²) in [7, 11) is 1.06. The molecule has 0 bridgehead atoms. The first-order valence-electron chi connectivity index (χ1n) is 7.08. The van der Waals surface area contributed by atoms with Crippen LogP contribution in [-0.2, 0) is 10.8 Å². The summed E-state index contributed by atoms with van der Waals surface area (Å²) >= 11 is 0. The van der Waals surface area contributed by atoms with Crippen LogP contribution in [0.2, 0.25) is 0 Å². The molecule has 21 heavy (non-hydrogen) atoms. The van der Waals surface area contributed by atoms with Crippen LogP contribution in [0.25, 0.3) is 0 Å². The van der Waals surface area contributed by atoms with Crippen molar-refractivity contribution in [1.82, 2.24) is 10.6 Å². The highest BCUT2D eigenvalue weighted by molar-refractivity contribution is 7.84. The molecule has 0 aromatic heterocycles. The van der Waals surface area contributed by atoms with Crippen molar-refractivity contribution in [2.75, 3.05) is 25.2 Å². The maximum absolute atomic E-state index is 11.7. The maximum Gasteiger partial charge on any atom is 0.319 e. The third kappa shape index (κ3) is 6.27. The zero-order valence-corrected chi connectivity index (χ0v) is 13.9. The average molecular weight is 311 g/mol. The molecular weight excluding hydrogens is 286 g/mol. The van der Waals surface area contributed by atoms with Crippen LogP contribution in [0.1, 0.15) is 31.9 Å². The molecule has 1 aromatic carbocycles. The van der Waals surface area contributed by atoms with Gasteiger partial charge in [0.1, 0.15) is 0 Å². The van der Waals surface area contributed by atoms with Crippen LogP contribution in [0.15, 0.2) is 24.3 Å². The van der Waals surface area contributed by atoms with Crippen molar-refractivity contribution in [2.24, 2.45) is 0 Å². The molecule has 0 heterocycles. The summed E-state index contributed by atoms with van der Waals surface area (Å²) in [4.78, 5) is 11.7. The first-order valence-corrected chi connectivity index (χ1v) is 8.70. The Morgan fingerprint density at radius 2 is 1.86 bits per heavy atom. The van der Waals surface area contributed by atoms with Gasteiger partial charge in [0.25, 0.3) is 0 Å². The predicted octanol–water partition coefficient (Wildman–Crippen LogP) is 2.25. The van der Waals surface area contributed by atoms with Crippen molar-refractivity contribution in [3.05, 3.63) is 29.8 Å². The summed E-state index contributed by atoms with van der Waals surface area (Å²) in [6.07, 6.45) is 2.38. The minimum absolute atomic E-state index is 0.0904. The van der Waals surface area contributed by atoms with Crippen LogP contribution in [0.3, 0.4) is 0 Å². The minimum Gasteiger partial charge on any atom is -0.338 e. The summed E-state index contributed by atoms with van der Waals surface area (Å²) in [5, 5.41) is 8.81. The molecule has 0 fully saturated rings. The van der Waals surface area contributed by atoms with E-state index < -0.39 is 10.8 Å². The number of carbonyl (C=O) groups is 1. The number of benzene rings is 1. The van der Waals surface area contributed by atoms with E-state index >= 15 is 0 Å². The lowest BCUT2D eigenvalue weighted by molar-refractivity contribution is 0.252. The Balaban J connectivity index is 2.39. The van der Waals surface area contributed by atoms with E-state index in [-0.39, 0.29) is 17.3 Å². The van der Waals surface area contributed by atoms with Gasteiger partial charge in [0.15, 0.2) is 0 Å². The second kappa shape index (κ2) is 8.79. The quantitative estimate of drug-likeness (QED) is 0.723. The average Bonchev–Trinajstić information content (AvgIpc) is 2.46. The number of hydrogen-bond acceptors (Lipinski definition) is 3. The topological polar surface area (TPSA) is 70.2 Å². The van der Waals surface area contributed by atoms with E-state index in [4.69, 9.17) is 0 Å². The molecule has 0 radical (unpaired) electrons. The van der Waals surface area contributed by atoms with Crippen LogP contribution in [0.5, 0.6) is 0 Å². The van der Waals surface area contributed by atoms with Gasteiger partial charge in [0.2, 0.25) is 0 Å². The number of nitrogens with one attached hydrogen (secondary N) is 3. The van der Waals surface area contributed by atoms with Gasteiger partial charge >= 0.3 is 6.03 Å². The standard InChI is InChI=1S/C15H25N3O2S/c1-11(21(4)20)9-10-17-15(19)18-14-7-5-13(6-8-14)12(2)16-3/h5-8,11-12,16H,9-10H2,1-4H3,(H2,17,18,19). The van der Waals surface area contributed by atoms with E-state index in [0.29, 0.717) is 13.0 Å². The molecule has 3 N–H and O–H groups in total. The molecule has 3 atom stereocenters. The van der Waals surface area contributed by atoms with Gasteiger partial charge in [0.05, 0.1) is 0 Å². The van der Waals surface area contributed by atoms with E-state index in [1.807, 2.05) is 38.2 Å². The summed E-state index contributed by atoms with van der Waals surface area (Å²) in [6, 6.07) is 7.78. The molecule has 0 aliphatic carbocycles. The Labute approximate surface area is 129 Å². The first kappa shape index (κ1) is 17.7. The fraction of sp³-hybridized carbons (Fsp3) is 0.533. The lowest BCUT2D eigenvalue weighted by Gasteiger charge is -2.12. The third-order valence-electron chi connectivity index (χ3n) is 3.50. The molecule has 6 heteroatoms. The highest BCUT2D eigenvalue weighted by atomic mass is 32.2. The van der Waals surface area contributed by atoms with Gasteiger partial charge in [0, 0.05) is 40.6 Å². The molecule has 5 nitrogen and oxygen atoms in total. The zero-order chi connectivity index (χ0) is 15.8. The van der Waals surface area contributed by atoms with Crippen LogP contribution in [0.4, 0.5) is 10.5 Å². The Kier molecular flexibility index (Phi) is 7.39. The second-order valence-corrected chi connectivity index (χ2v) is 6.91. The molecule has 118 valence electrons. The summed E-state index contributed by atoms with van der Waals surface area (Å²) in [5.41, 5.74) is 1.93. The number of amides is 2. The molecule has 0 spiro atoms. The smallest absolute Gasteiger partial charge is 0.319 e. The molecule has 1 rings (SSSR count). The van der Waals surface area contributed by atoms with E-state index in [2.05, 4.69) is 22.9 Å². The fourth-order valence-corrected chi connectivity index (χ4v) is 2.20. The Bertz CT molecular complexity index is 476. The monoisotopic (exact) mass is 311 g/mol. The first-order chi connectivity index (χ1) is 9.93. The van der Waals surface area contributed by atoms with Crippen molar-refractivity contribution < 1.29 is 9.00 Å². The molecule has 0 aliphatic heterocycles. The molecule has 1 aromatic rings. The van der Waals surface area contributed by atoms with Crippen molar-refractivity contribution >= 4 is 22.5 Å². The van der Waals surface area contributed by atoms with Crippen molar-refractivity contribution in [2.45, 2.75) is 31.6 Å². The van der Waals surface area contributed by atoms with Gasteiger partial charge in [-0.15, -0.1) is 0 Å². The van der Waals surface area contributed by atoms with Gasteiger partial charge in [-0.05, 0) is 38.1 Å². The summed E-state index contributed by atoms with van der Waals surface area (Å²) in [6.45, 7) is 4.51. The van der Waals surface area contributed by atoms with Gasteiger partial charge < -0.3 is 16.0 Å². The number of carbonyl (C=O) groups excluding carboxylic acids is 1. The largest absolute Gasteiger partial charge is 0.338 e. The van der Waals surface area contributed by atoms with Crippen molar-refractivity contribution in [3.63, 3.8) is 0 Å². The van der Waals surface area contributed by atoms with Gasteiger partial charge in [-0.3, -0.25) is 4.21 Å². The number of hydrogen-bond donors (Lipinski definition) is 3. The lowest BCUT2D eigenvalue weighted by atomic mass is 10.1. The second-order valence-electron chi connectivity index (χ2n) is 5.11. The van der Waals surface area contributed by atoms with E-state index in [1.165, 1.54) is 5.56 Å². The third-order valence-corrected chi connectivity index (χ3v) is 4.87. The van der Waals surface area contributed by atoms with Gasteiger partial charge in [-0.2, -0.15) is 0 Å². The number of rotatable bonds is 7. The summed E-state index contributed by atoms with van der Waals surface area (Å²) < 4.78 is 11.2. The lowest BCUT2D eigenvalue weighted by Crippen LogP contribution is -2.31. The zero-order valence-electron chi connectivity index (χ0n) is 13.1. The number of anilines is 1. The van der Waals surface area contributed by atoms with Crippen LogP contribution < -0.4 is 16.0 Å². The summed E-state index contributed by atoms with van der Waals surface area (Å²) in [5.74, 6) is 0. The highest BCUT2D eigenvalue weighted by Gasteiger charge is 2.07. The normalized spacial score (nSPS) is 15.0. The Morgan fingerprint density at radius 1 is 1.24 bits per heavy atom. The molecular formula is C15H25N3O2S. The molecule has 2 amide bonds. The van der Waals surface area contributed by atoms with Crippen LogP contribution >= 0.6 is 0 Å². The molecule has 0 saturated heterocycles. The molecule has 0 aliphatic rings. The minimum atomic E-state index is -0.849. The van der Waals surface area contributed by atoms with Crippen LogP contribution in [0, 0.1) is 0 Å². The SMILES string of the molecule is CNC(C)c1ccc(NC(=O)NCCC(C)S(C)=O)cc1. The van der Waals surface area contributed by atoms with E-state index in [0.717, 1.165) is 5.69 Å². The van der Waals surface area contributed by atoms with Gasteiger partial charge in [-0.25, -0.2) is 4.79 Å². The fourth-order valence-electron chi connectivity index (χ4n) is 1.75. The number of urea groups is 1. The Hall–Kier alpha value is -1.40. The van der Waals surface area contributed by atoms with E-state index in [1.54, 1.807) is 6.26 Å². The van der Waals surface area contributed by atoms with Crippen molar-refractivity contribution in [1.29, 1.82) is 0 Å². The van der Waals surface area contributed by atoms with Crippen molar-refractivity contribution in [3.8, 4) is 0 Å². The highest BCUT2D eigenvalue weighted by Crippen LogP contribution is 2.15.